The summed E-state index contributed by atoms with van der Waals surface area (Å²) in [4.78, 5) is 41.5. The summed E-state index contributed by atoms with van der Waals surface area (Å²) in [6.07, 6.45) is 9.11. The van der Waals surface area contributed by atoms with Gasteiger partial charge < -0.3 is 9.88 Å². The molecule has 1 saturated carbocycles. The molecule has 1 fully saturated rings. The average Bonchev–Trinajstić information content (AvgIpc) is 3.26. The number of H-pyrrole nitrogens is 1. The summed E-state index contributed by atoms with van der Waals surface area (Å²) in [5, 5.41) is 3.69. The van der Waals surface area contributed by atoms with E-state index in [9.17, 15) is 9.59 Å². The number of thiazole rings is 1. The highest BCUT2D eigenvalue weighted by molar-refractivity contribution is 7.18. The molecule has 0 atom stereocenters. The Balaban J connectivity index is 1.32. The number of thiophene rings is 1. The molecular weight excluding hydrogens is 392 g/mol. The van der Waals surface area contributed by atoms with Crippen LogP contribution in [0.3, 0.4) is 0 Å². The van der Waals surface area contributed by atoms with Crippen LogP contribution in [0.4, 0.5) is 0 Å². The van der Waals surface area contributed by atoms with Gasteiger partial charge >= 0.3 is 0 Å². The number of nitrogens with one attached hydrogen (secondary N) is 1. The van der Waals surface area contributed by atoms with Crippen molar-refractivity contribution in [3.63, 3.8) is 0 Å². The zero-order chi connectivity index (χ0) is 19.1. The van der Waals surface area contributed by atoms with Crippen LogP contribution in [-0.4, -0.2) is 31.8 Å². The fraction of sp³-hybridized carbons (Fsp3) is 0.500. The predicted molar refractivity (Wildman–Crippen MR) is 111 cm³/mol. The molecule has 0 bridgehead atoms. The molecule has 0 unspecified atom stereocenters. The number of hydrogen-bond acceptors (Lipinski definition) is 6. The molecule has 8 heteroatoms. The number of aromatic amines is 1. The fourth-order valence-corrected chi connectivity index (χ4v) is 5.87. The van der Waals surface area contributed by atoms with Gasteiger partial charge in [-0.1, -0.05) is 0 Å². The average molecular weight is 415 g/mol. The number of fused-ring (bicyclic) bond motifs is 3. The second kappa shape index (κ2) is 7.40. The molecule has 3 aromatic heterocycles. The Hall–Kier alpha value is -2.06. The first kappa shape index (κ1) is 18.0. The molecule has 1 amide bonds. The topological polar surface area (TPSA) is 79.0 Å². The van der Waals surface area contributed by atoms with Gasteiger partial charge in [-0.25, -0.2) is 9.97 Å². The van der Waals surface area contributed by atoms with Crippen LogP contribution in [-0.2, 0) is 30.6 Å². The van der Waals surface area contributed by atoms with Crippen LogP contribution in [0.25, 0.3) is 10.2 Å². The molecule has 3 aromatic rings. The zero-order valence-electron chi connectivity index (χ0n) is 15.6. The van der Waals surface area contributed by atoms with Crippen molar-refractivity contribution in [2.45, 2.75) is 64.0 Å². The molecule has 6 nitrogen and oxygen atoms in total. The van der Waals surface area contributed by atoms with Gasteiger partial charge in [0.15, 0.2) is 0 Å². The summed E-state index contributed by atoms with van der Waals surface area (Å²) in [5.41, 5.74) is 1.15. The lowest BCUT2D eigenvalue weighted by Gasteiger charge is -2.21. The molecule has 0 aromatic carbocycles. The summed E-state index contributed by atoms with van der Waals surface area (Å²) < 4.78 is 0. The minimum absolute atomic E-state index is 0.0475. The van der Waals surface area contributed by atoms with Gasteiger partial charge in [-0.3, -0.25) is 9.59 Å². The lowest BCUT2D eigenvalue weighted by atomic mass is 9.97. The number of amides is 1. The smallest absolute Gasteiger partial charge is 0.259 e. The highest BCUT2D eigenvalue weighted by atomic mass is 32.1. The zero-order valence-corrected chi connectivity index (χ0v) is 17.2. The van der Waals surface area contributed by atoms with E-state index in [4.69, 9.17) is 4.98 Å². The monoisotopic (exact) mass is 414 g/mol. The fourth-order valence-electron chi connectivity index (χ4n) is 3.98. The van der Waals surface area contributed by atoms with Crippen molar-refractivity contribution in [3.8, 4) is 0 Å². The molecule has 5 rings (SSSR count). The number of nitrogens with zero attached hydrogens (tertiary/aromatic N) is 3. The lowest BCUT2D eigenvalue weighted by Crippen LogP contribution is -2.33. The van der Waals surface area contributed by atoms with E-state index in [1.807, 2.05) is 10.3 Å². The molecule has 0 aliphatic heterocycles. The first-order valence-electron chi connectivity index (χ1n) is 9.90. The Morgan fingerprint density at radius 1 is 1.29 bits per heavy atom. The Morgan fingerprint density at radius 2 is 2.14 bits per heavy atom. The molecule has 0 spiro atoms. The van der Waals surface area contributed by atoms with E-state index in [2.05, 4.69) is 9.97 Å². The lowest BCUT2D eigenvalue weighted by molar-refractivity contribution is -0.132. The van der Waals surface area contributed by atoms with E-state index in [1.54, 1.807) is 28.9 Å². The van der Waals surface area contributed by atoms with E-state index < -0.39 is 0 Å². The molecule has 0 saturated heterocycles. The molecule has 1 N–H and O–H groups in total. The number of carbonyl (C=O) groups is 1. The van der Waals surface area contributed by atoms with Crippen molar-refractivity contribution in [1.82, 2.24) is 19.9 Å². The van der Waals surface area contributed by atoms with Crippen molar-refractivity contribution in [3.05, 3.63) is 43.2 Å². The number of aryl methyl sites for hydroxylation is 3. The third-order valence-electron chi connectivity index (χ3n) is 5.55. The van der Waals surface area contributed by atoms with Crippen LogP contribution in [0.2, 0.25) is 0 Å². The summed E-state index contributed by atoms with van der Waals surface area (Å²) in [6.45, 7) is 0.585. The normalized spacial score (nSPS) is 16.3. The molecule has 28 heavy (non-hydrogen) atoms. The molecule has 0 radical (unpaired) electrons. The standard InChI is InChI=1S/C20H22N4O2S2/c25-17(24(12-5-6-12)11-16-21-9-10-27-16)8-7-15-22-19(26)18-13-3-1-2-4-14(13)28-20(18)23-15/h9-10,12H,1-8,11H2,(H,22,23,26). The molecule has 146 valence electrons. The molecular formula is C20H22N4O2S2. The number of rotatable bonds is 6. The Kier molecular flexibility index (Phi) is 4.76. The molecule has 2 aliphatic carbocycles. The van der Waals surface area contributed by atoms with E-state index in [0.717, 1.165) is 47.3 Å². The highest BCUT2D eigenvalue weighted by Gasteiger charge is 2.32. The van der Waals surface area contributed by atoms with Gasteiger partial charge in [0, 0.05) is 35.3 Å². The van der Waals surface area contributed by atoms with E-state index in [1.165, 1.54) is 16.9 Å². The van der Waals surface area contributed by atoms with Crippen LogP contribution in [0.5, 0.6) is 0 Å². The first-order chi connectivity index (χ1) is 13.7. The van der Waals surface area contributed by atoms with E-state index in [-0.39, 0.29) is 11.5 Å². The largest absolute Gasteiger partial charge is 0.333 e. The number of carbonyl (C=O) groups excluding carboxylic acids is 1. The summed E-state index contributed by atoms with van der Waals surface area (Å²) >= 11 is 3.23. The van der Waals surface area contributed by atoms with Crippen LogP contribution in [0, 0.1) is 0 Å². The minimum Gasteiger partial charge on any atom is -0.333 e. The predicted octanol–water partition coefficient (Wildman–Crippen LogP) is 3.44. The minimum atomic E-state index is -0.0475. The third kappa shape index (κ3) is 3.51. The SMILES string of the molecule is O=C(CCc1nc2sc3c(c2c(=O)[nH]1)CCCC3)N(Cc1nccs1)C1CC1. The van der Waals surface area contributed by atoms with Crippen molar-refractivity contribution < 1.29 is 4.79 Å². The van der Waals surface area contributed by atoms with Gasteiger partial charge in [0.1, 0.15) is 15.7 Å². The van der Waals surface area contributed by atoms with Crippen LogP contribution in [0.1, 0.15) is 53.4 Å². The van der Waals surface area contributed by atoms with E-state index in [0.29, 0.717) is 31.3 Å². The number of hydrogen-bond donors (Lipinski definition) is 1. The first-order valence-corrected chi connectivity index (χ1v) is 11.6. The van der Waals surface area contributed by atoms with Crippen LogP contribution in [0.15, 0.2) is 16.4 Å². The second-order valence-corrected chi connectivity index (χ2v) is 9.65. The maximum atomic E-state index is 12.8. The summed E-state index contributed by atoms with van der Waals surface area (Å²) in [5.74, 6) is 0.736. The van der Waals surface area contributed by atoms with Crippen LogP contribution < -0.4 is 5.56 Å². The van der Waals surface area contributed by atoms with E-state index >= 15 is 0 Å². The van der Waals surface area contributed by atoms with Gasteiger partial charge in [0.05, 0.1) is 11.9 Å². The van der Waals surface area contributed by atoms with Gasteiger partial charge in [-0.2, -0.15) is 0 Å². The van der Waals surface area contributed by atoms with Gasteiger partial charge in [-0.05, 0) is 44.1 Å². The van der Waals surface area contributed by atoms with Crippen molar-refractivity contribution in [2.75, 3.05) is 0 Å². The molecule has 2 aliphatic rings. The third-order valence-corrected chi connectivity index (χ3v) is 7.50. The quantitative estimate of drug-likeness (QED) is 0.670. The summed E-state index contributed by atoms with van der Waals surface area (Å²) in [6, 6.07) is 0.343. The molecule has 3 heterocycles. The number of aromatic nitrogens is 3. The Bertz CT molecular complexity index is 1070. The van der Waals surface area contributed by atoms with Gasteiger partial charge in [0.25, 0.3) is 5.56 Å². The highest BCUT2D eigenvalue weighted by Crippen LogP contribution is 2.33. The van der Waals surface area contributed by atoms with Crippen molar-refractivity contribution in [2.24, 2.45) is 0 Å². The van der Waals surface area contributed by atoms with Crippen molar-refractivity contribution in [1.29, 1.82) is 0 Å². The maximum Gasteiger partial charge on any atom is 0.259 e. The Morgan fingerprint density at radius 3 is 2.93 bits per heavy atom. The van der Waals surface area contributed by atoms with Gasteiger partial charge in [0.2, 0.25) is 5.91 Å². The summed E-state index contributed by atoms with van der Waals surface area (Å²) in [7, 11) is 0. The van der Waals surface area contributed by atoms with Crippen LogP contribution >= 0.6 is 22.7 Å². The van der Waals surface area contributed by atoms with Crippen molar-refractivity contribution >= 4 is 38.8 Å². The Labute approximate surface area is 170 Å². The maximum absolute atomic E-state index is 12.8. The second-order valence-electron chi connectivity index (χ2n) is 7.58. The van der Waals surface area contributed by atoms with Gasteiger partial charge in [-0.15, -0.1) is 22.7 Å².